The SMILES string of the molecule is CC(=O)Oc1ccc(C(C)c2ccc(O)c(N)c2)cc1N. The summed E-state index contributed by atoms with van der Waals surface area (Å²) in [6.45, 7) is 3.33. The molecule has 0 aliphatic carbocycles. The van der Waals surface area contributed by atoms with Crippen LogP contribution in [0.3, 0.4) is 0 Å². The normalized spacial score (nSPS) is 11.9. The molecule has 2 aromatic rings. The minimum atomic E-state index is -0.409. The van der Waals surface area contributed by atoms with Crippen LogP contribution in [-0.4, -0.2) is 11.1 Å². The van der Waals surface area contributed by atoms with E-state index in [9.17, 15) is 9.90 Å². The minimum Gasteiger partial charge on any atom is -0.506 e. The van der Waals surface area contributed by atoms with Crippen LogP contribution < -0.4 is 16.2 Å². The first kappa shape index (κ1) is 14.7. The molecule has 5 N–H and O–H groups in total. The number of ether oxygens (including phenoxy) is 1. The topological polar surface area (TPSA) is 98.6 Å². The van der Waals surface area contributed by atoms with Crippen LogP contribution in [-0.2, 0) is 4.79 Å². The lowest BCUT2D eigenvalue weighted by molar-refractivity contribution is -0.131. The number of esters is 1. The number of phenols is 1. The monoisotopic (exact) mass is 286 g/mol. The minimum absolute atomic E-state index is 0.0431. The van der Waals surface area contributed by atoms with Gasteiger partial charge in [0.05, 0.1) is 11.4 Å². The van der Waals surface area contributed by atoms with Gasteiger partial charge in [0.15, 0.2) is 5.75 Å². The lowest BCUT2D eigenvalue weighted by Crippen LogP contribution is -2.05. The standard InChI is InChI=1S/C16H18N2O3/c1-9(11-3-5-15(20)13(17)7-11)12-4-6-16(14(18)8-12)21-10(2)19/h3-9,20H,17-18H2,1-2H3. The molecular formula is C16H18N2O3. The van der Waals surface area contributed by atoms with Crippen molar-refractivity contribution >= 4 is 17.3 Å². The number of anilines is 2. The summed E-state index contributed by atoms with van der Waals surface area (Å²) in [7, 11) is 0. The Bertz CT molecular complexity index is 683. The second-order valence-electron chi connectivity index (χ2n) is 4.93. The molecule has 5 nitrogen and oxygen atoms in total. The number of nitrogens with two attached hydrogens (primary N) is 2. The van der Waals surface area contributed by atoms with Crippen molar-refractivity contribution in [3.8, 4) is 11.5 Å². The maximum absolute atomic E-state index is 11.0. The van der Waals surface area contributed by atoms with E-state index in [0.29, 0.717) is 17.1 Å². The number of nitrogen functional groups attached to an aromatic ring is 2. The van der Waals surface area contributed by atoms with Gasteiger partial charge >= 0.3 is 5.97 Å². The molecule has 1 atom stereocenters. The van der Waals surface area contributed by atoms with Gasteiger partial charge in [0, 0.05) is 12.8 Å². The van der Waals surface area contributed by atoms with Gasteiger partial charge in [-0.1, -0.05) is 19.1 Å². The van der Waals surface area contributed by atoms with Crippen LogP contribution in [0.25, 0.3) is 0 Å². The molecule has 0 radical (unpaired) electrons. The number of carbonyl (C=O) groups excluding carboxylic acids is 1. The summed E-state index contributed by atoms with van der Waals surface area (Å²) in [5.41, 5.74) is 14.3. The molecule has 110 valence electrons. The third-order valence-electron chi connectivity index (χ3n) is 3.34. The number of benzene rings is 2. The predicted octanol–water partition coefficient (Wildman–Crippen LogP) is 2.63. The largest absolute Gasteiger partial charge is 0.506 e. The average Bonchev–Trinajstić information content (AvgIpc) is 2.43. The molecule has 0 heterocycles. The molecule has 0 saturated heterocycles. The molecule has 2 rings (SSSR count). The fourth-order valence-corrected chi connectivity index (χ4v) is 2.12. The van der Waals surface area contributed by atoms with Crippen molar-refractivity contribution in [2.45, 2.75) is 19.8 Å². The highest BCUT2D eigenvalue weighted by Gasteiger charge is 2.12. The fourth-order valence-electron chi connectivity index (χ4n) is 2.12. The highest BCUT2D eigenvalue weighted by atomic mass is 16.5. The van der Waals surface area contributed by atoms with Crippen molar-refractivity contribution in [2.75, 3.05) is 11.5 Å². The maximum Gasteiger partial charge on any atom is 0.308 e. The van der Waals surface area contributed by atoms with E-state index in [0.717, 1.165) is 11.1 Å². The summed E-state index contributed by atoms with van der Waals surface area (Å²) in [6.07, 6.45) is 0. The Kier molecular flexibility index (Phi) is 4.03. The predicted molar refractivity (Wildman–Crippen MR) is 82.2 cm³/mol. The Morgan fingerprint density at radius 2 is 1.67 bits per heavy atom. The molecule has 0 aromatic heterocycles. The van der Waals surface area contributed by atoms with Gasteiger partial charge in [-0.25, -0.2) is 0 Å². The molecular weight excluding hydrogens is 268 g/mol. The molecule has 0 spiro atoms. The van der Waals surface area contributed by atoms with Crippen LogP contribution in [0.4, 0.5) is 11.4 Å². The summed E-state index contributed by atoms with van der Waals surface area (Å²) < 4.78 is 5.00. The first-order valence-electron chi connectivity index (χ1n) is 6.54. The third kappa shape index (κ3) is 3.25. The van der Waals surface area contributed by atoms with Gasteiger partial charge < -0.3 is 21.3 Å². The van der Waals surface area contributed by atoms with Gasteiger partial charge in [-0.3, -0.25) is 4.79 Å². The number of phenolic OH excluding ortho intramolecular Hbond substituents is 1. The van der Waals surface area contributed by atoms with Crippen LogP contribution in [0.1, 0.15) is 30.9 Å². The van der Waals surface area contributed by atoms with Gasteiger partial charge in [-0.15, -0.1) is 0 Å². The van der Waals surface area contributed by atoms with E-state index in [-0.39, 0.29) is 11.7 Å². The molecule has 5 heteroatoms. The average molecular weight is 286 g/mol. The number of hydrogen-bond donors (Lipinski definition) is 3. The first-order valence-corrected chi connectivity index (χ1v) is 6.54. The zero-order valence-electron chi connectivity index (χ0n) is 12.0. The Hall–Kier alpha value is -2.69. The van der Waals surface area contributed by atoms with E-state index in [1.54, 1.807) is 24.3 Å². The van der Waals surface area contributed by atoms with E-state index >= 15 is 0 Å². The Labute approximate surface area is 123 Å². The quantitative estimate of drug-likeness (QED) is 0.349. The van der Waals surface area contributed by atoms with Crippen LogP contribution in [0.15, 0.2) is 36.4 Å². The second kappa shape index (κ2) is 5.75. The molecule has 0 saturated carbocycles. The van der Waals surface area contributed by atoms with Crippen molar-refractivity contribution in [3.63, 3.8) is 0 Å². The zero-order chi connectivity index (χ0) is 15.6. The summed E-state index contributed by atoms with van der Waals surface area (Å²) in [5.74, 6) is 0.0507. The summed E-state index contributed by atoms with van der Waals surface area (Å²) in [4.78, 5) is 11.0. The second-order valence-corrected chi connectivity index (χ2v) is 4.93. The van der Waals surface area contributed by atoms with Crippen molar-refractivity contribution in [1.82, 2.24) is 0 Å². The van der Waals surface area contributed by atoms with Crippen LogP contribution in [0.2, 0.25) is 0 Å². The molecule has 1 unspecified atom stereocenters. The van der Waals surface area contributed by atoms with Gasteiger partial charge in [0.1, 0.15) is 5.75 Å². The lowest BCUT2D eigenvalue weighted by Gasteiger charge is -2.15. The number of hydrogen-bond acceptors (Lipinski definition) is 5. The first-order chi connectivity index (χ1) is 9.88. The smallest absolute Gasteiger partial charge is 0.308 e. The van der Waals surface area contributed by atoms with Crippen molar-refractivity contribution in [1.29, 1.82) is 0 Å². The highest BCUT2D eigenvalue weighted by Crippen LogP contribution is 2.32. The Morgan fingerprint density at radius 1 is 1.10 bits per heavy atom. The molecule has 0 aliphatic heterocycles. The molecule has 0 aliphatic rings. The zero-order valence-corrected chi connectivity index (χ0v) is 12.0. The molecule has 2 aromatic carbocycles. The number of rotatable bonds is 3. The van der Waals surface area contributed by atoms with E-state index in [2.05, 4.69) is 0 Å². The number of carbonyl (C=O) groups is 1. The van der Waals surface area contributed by atoms with Crippen molar-refractivity contribution < 1.29 is 14.6 Å². The molecule has 0 fully saturated rings. The summed E-state index contributed by atoms with van der Waals surface area (Å²) in [6, 6.07) is 10.4. The van der Waals surface area contributed by atoms with Crippen LogP contribution >= 0.6 is 0 Å². The van der Waals surface area contributed by atoms with E-state index in [4.69, 9.17) is 16.2 Å². The molecule has 0 bridgehead atoms. The summed E-state index contributed by atoms with van der Waals surface area (Å²) >= 11 is 0. The van der Waals surface area contributed by atoms with Crippen LogP contribution in [0.5, 0.6) is 11.5 Å². The number of aromatic hydroxyl groups is 1. The lowest BCUT2D eigenvalue weighted by atomic mass is 9.92. The third-order valence-corrected chi connectivity index (χ3v) is 3.34. The maximum atomic E-state index is 11.0. The molecule has 21 heavy (non-hydrogen) atoms. The van der Waals surface area contributed by atoms with Gasteiger partial charge in [-0.2, -0.15) is 0 Å². The van der Waals surface area contributed by atoms with Crippen LogP contribution in [0, 0.1) is 0 Å². The van der Waals surface area contributed by atoms with Gasteiger partial charge in [-0.05, 0) is 35.4 Å². The van der Waals surface area contributed by atoms with E-state index in [1.807, 2.05) is 19.1 Å². The highest BCUT2D eigenvalue weighted by molar-refractivity contribution is 5.72. The summed E-state index contributed by atoms with van der Waals surface area (Å²) in [5, 5.41) is 9.47. The van der Waals surface area contributed by atoms with Crippen molar-refractivity contribution in [2.24, 2.45) is 0 Å². The van der Waals surface area contributed by atoms with E-state index in [1.165, 1.54) is 6.92 Å². The Balaban J connectivity index is 2.30. The fraction of sp³-hybridized carbons (Fsp3) is 0.188. The van der Waals surface area contributed by atoms with E-state index < -0.39 is 5.97 Å². The van der Waals surface area contributed by atoms with Gasteiger partial charge in [0.25, 0.3) is 0 Å². The Morgan fingerprint density at radius 3 is 2.19 bits per heavy atom. The van der Waals surface area contributed by atoms with Gasteiger partial charge in [0.2, 0.25) is 0 Å². The molecule has 0 amide bonds. The van der Waals surface area contributed by atoms with Crippen molar-refractivity contribution in [3.05, 3.63) is 47.5 Å².